The average molecular weight is 287 g/mol. The van der Waals surface area contributed by atoms with Gasteiger partial charge >= 0.3 is 0 Å². The van der Waals surface area contributed by atoms with Gasteiger partial charge in [-0.3, -0.25) is 4.90 Å². The predicted octanol–water partition coefficient (Wildman–Crippen LogP) is 1.92. The fourth-order valence-corrected chi connectivity index (χ4v) is 2.32. The lowest BCUT2D eigenvalue weighted by atomic mass is 10.1. The molecule has 1 heterocycles. The lowest BCUT2D eigenvalue weighted by Crippen LogP contribution is -2.49. The second-order valence-electron chi connectivity index (χ2n) is 4.70. The third kappa shape index (κ3) is 4.00. The summed E-state index contributed by atoms with van der Waals surface area (Å²) in [7, 11) is 3.38. The van der Waals surface area contributed by atoms with E-state index in [0.29, 0.717) is 6.04 Å². The van der Waals surface area contributed by atoms with E-state index in [1.54, 1.807) is 14.2 Å². The Hall–Kier alpha value is -0.970. The van der Waals surface area contributed by atoms with E-state index < -0.39 is 0 Å². The Morgan fingerprint density at radius 1 is 1.32 bits per heavy atom. The molecule has 1 aromatic rings. The first-order valence-corrected chi connectivity index (χ1v) is 6.40. The molecule has 0 aliphatic carbocycles. The van der Waals surface area contributed by atoms with E-state index in [0.717, 1.165) is 37.7 Å². The molecule has 1 aliphatic rings. The molecule has 1 atom stereocenters. The number of nitrogens with one attached hydrogen (secondary N) is 1. The fraction of sp³-hybridized carbons (Fsp3) is 0.571. The number of nitrogens with zero attached hydrogens (tertiary/aromatic N) is 1. The Labute approximate surface area is 121 Å². The van der Waals surface area contributed by atoms with Crippen LogP contribution in [0.4, 0.5) is 0 Å². The third-order valence-electron chi connectivity index (χ3n) is 3.51. The van der Waals surface area contributed by atoms with Gasteiger partial charge < -0.3 is 14.8 Å². The molecule has 0 aromatic heterocycles. The van der Waals surface area contributed by atoms with Gasteiger partial charge in [0.1, 0.15) is 11.5 Å². The highest BCUT2D eigenvalue weighted by molar-refractivity contribution is 5.85. The minimum Gasteiger partial charge on any atom is -0.497 e. The predicted molar refractivity (Wildman–Crippen MR) is 79.5 cm³/mol. The van der Waals surface area contributed by atoms with E-state index in [2.05, 4.69) is 23.2 Å². The van der Waals surface area contributed by atoms with Crippen molar-refractivity contribution < 1.29 is 9.47 Å². The maximum absolute atomic E-state index is 5.44. The van der Waals surface area contributed by atoms with Gasteiger partial charge in [-0.15, -0.1) is 12.4 Å². The van der Waals surface area contributed by atoms with Crippen LogP contribution >= 0.6 is 12.4 Å². The van der Waals surface area contributed by atoms with E-state index >= 15 is 0 Å². The molecular weight excluding hydrogens is 264 g/mol. The molecule has 1 fully saturated rings. The molecule has 1 N–H and O–H groups in total. The topological polar surface area (TPSA) is 33.7 Å². The van der Waals surface area contributed by atoms with E-state index in [9.17, 15) is 0 Å². The highest BCUT2D eigenvalue weighted by atomic mass is 35.5. The van der Waals surface area contributed by atoms with Gasteiger partial charge in [0.25, 0.3) is 0 Å². The number of hydrogen-bond donors (Lipinski definition) is 1. The molecule has 0 bridgehead atoms. The summed E-state index contributed by atoms with van der Waals surface area (Å²) in [4.78, 5) is 2.47. The second kappa shape index (κ2) is 7.58. The van der Waals surface area contributed by atoms with Crippen molar-refractivity contribution in [3.05, 3.63) is 23.8 Å². The molecule has 0 spiro atoms. The molecule has 1 aromatic carbocycles. The van der Waals surface area contributed by atoms with Crippen LogP contribution in [0.5, 0.6) is 11.5 Å². The van der Waals surface area contributed by atoms with Crippen molar-refractivity contribution in [2.75, 3.05) is 33.9 Å². The lowest BCUT2D eigenvalue weighted by Gasteiger charge is -2.34. The van der Waals surface area contributed by atoms with Crippen LogP contribution in [0, 0.1) is 0 Å². The van der Waals surface area contributed by atoms with E-state index in [1.165, 1.54) is 5.56 Å². The van der Waals surface area contributed by atoms with Crippen LogP contribution in [0.1, 0.15) is 12.5 Å². The number of benzene rings is 1. The van der Waals surface area contributed by atoms with Gasteiger partial charge in [0.05, 0.1) is 14.2 Å². The van der Waals surface area contributed by atoms with Crippen LogP contribution in [0.15, 0.2) is 18.2 Å². The summed E-state index contributed by atoms with van der Waals surface area (Å²) in [6.45, 7) is 6.37. The van der Waals surface area contributed by atoms with Gasteiger partial charge in [-0.1, -0.05) is 6.07 Å². The molecule has 1 aliphatic heterocycles. The summed E-state index contributed by atoms with van der Waals surface area (Å²) in [5, 5.41) is 3.40. The standard InChI is InChI=1S/C14H22N2O2.ClH/c1-11-9-15-6-7-16(11)10-12-4-5-13(17-2)8-14(12)18-3;/h4-5,8,11,15H,6-7,9-10H2,1-3H3;1H. The summed E-state index contributed by atoms with van der Waals surface area (Å²) >= 11 is 0. The number of hydrogen-bond acceptors (Lipinski definition) is 4. The van der Waals surface area contributed by atoms with Crippen molar-refractivity contribution in [2.24, 2.45) is 0 Å². The monoisotopic (exact) mass is 286 g/mol. The van der Waals surface area contributed by atoms with E-state index in [-0.39, 0.29) is 12.4 Å². The zero-order valence-electron chi connectivity index (χ0n) is 11.8. The minimum absolute atomic E-state index is 0. The summed E-state index contributed by atoms with van der Waals surface area (Å²) in [5.74, 6) is 1.74. The van der Waals surface area contributed by atoms with Crippen LogP contribution in [-0.4, -0.2) is 44.8 Å². The molecule has 19 heavy (non-hydrogen) atoms. The highest BCUT2D eigenvalue weighted by Gasteiger charge is 2.19. The summed E-state index contributed by atoms with van der Waals surface area (Å²) in [6, 6.07) is 6.59. The Morgan fingerprint density at radius 2 is 2.11 bits per heavy atom. The molecule has 0 amide bonds. The molecule has 0 saturated carbocycles. The van der Waals surface area contributed by atoms with Gasteiger partial charge in [-0.2, -0.15) is 0 Å². The normalized spacial score (nSPS) is 19.6. The van der Waals surface area contributed by atoms with Crippen molar-refractivity contribution in [1.29, 1.82) is 0 Å². The maximum Gasteiger partial charge on any atom is 0.127 e. The van der Waals surface area contributed by atoms with Crippen molar-refractivity contribution in [3.8, 4) is 11.5 Å². The smallest absolute Gasteiger partial charge is 0.127 e. The Kier molecular flexibility index (Phi) is 6.42. The van der Waals surface area contributed by atoms with Gasteiger partial charge in [0.2, 0.25) is 0 Å². The zero-order valence-corrected chi connectivity index (χ0v) is 12.6. The zero-order chi connectivity index (χ0) is 13.0. The first-order valence-electron chi connectivity index (χ1n) is 6.40. The van der Waals surface area contributed by atoms with Crippen molar-refractivity contribution in [2.45, 2.75) is 19.5 Å². The summed E-state index contributed by atoms with van der Waals surface area (Å²) in [5.41, 5.74) is 1.21. The van der Waals surface area contributed by atoms with Gasteiger partial charge in [0.15, 0.2) is 0 Å². The van der Waals surface area contributed by atoms with Crippen molar-refractivity contribution >= 4 is 12.4 Å². The molecule has 5 heteroatoms. The number of methoxy groups -OCH3 is 2. The molecule has 2 rings (SSSR count). The first kappa shape index (κ1) is 16.1. The SMILES string of the molecule is COc1ccc(CN2CCNCC2C)c(OC)c1.Cl. The quantitative estimate of drug-likeness (QED) is 0.917. The minimum atomic E-state index is 0. The van der Waals surface area contributed by atoms with E-state index in [4.69, 9.17) is 9.47 Å². The van der Waals surface area contributed by atoms with Gasteiger partial charge in [-0.25, -0.2) is 0 Å². The summed E-state index contributed by atoms with van der Waals surface area (Å²) in [6.07, 6.45) is 0. The van der Waals surface area contributed by atoms with Gasteiger partial charge in [0, 0.05) is 43.9 Å². The molecule has 1 unspecified atom stereocenters. The first-order chi connectivity index (χ1) is 8.74. The van der Waals surface area contributed by atoms with Crippen molar-refractivity contribution in [1.82, 2.24) is 10.2 Å². The fourth-order valence-electron chi connectivity index (χ4n) is 2.32. The second-order valence-corrected chi connectivity index (χ2v) is 4.70. The molecular formula is C14H23ClN2O2. The van der Waals surface area contributed by atoms with Crippen LogP contribution in [-0.2, 0) is 6.54 Å². The Balaban J connectivity index is 0.00000180. The maximum atomic E-state index is 5.44. The largest absolute Gasteiger partial charge is 0.497 e. The Bertz CT molecular complexity index is 401. The van der Waals surface area contributed by atoms with Crippen LogP contribution in [0.25, 0.3) is 0 Å². The highest BCUT2D eigenvalue weighted by Crippen LogP contribution is 2.26. The van der Waals surface area contributed by atoms with Crippen LogP contribution in [0.3, 0.4) is 0 Å². The van der Waals surface area contributed by atoms with Crippen molar-refractivity contribution in [3.63, 3.8) is 0 Å². The average Bonchev–Trinajstić information content (AvgIpc) is 2.41. The third-order valence-corrected chi connectivity index (χ3v) is 3.51. The molecule has 4 nitrogen and oxygen atoms in total. The number of halogens is 1. The molecule has 1 saturated heterocycles. The number of piperazine rings is 1. The number of rotatable bonds is 4. The van der Waals surface area contributed by atoms with E-state index in [1.807, 2.05) is 12.1 Å². The van der Waals surface area contributed by atoms with Crippen LogP contribution in [0.2, 0.25) is 0 Å². The summed E-state index contributed by atoms with van der Waals surface area (Å²) < 4.78 is 10.7. The Morgan fingerprint density at radius 3 is 2.74 bits per heavy atom. The van der Waals surface area contributed by atoms with Crippen LogP contribution < -0.4 is 14.8 Å². The lowest BCUT2D eigenvalue weighted by molar-refractivity contribution is 0.164. The van der Waals surface area contributed by atoms with Gasteiger partial charge in [-0.05, 0) is 13.0 Å². The molecule has 0 radical (unpaired) electrons. The number of ether oxygens (including phenoxy) is 2. The molecule has 108 valence electrons.